The van der Waals surface area contributed by atoms with Crippen molar-refractivity contribution in [3.8, 4) is 6.07 Å². The van der Waals surface area contributed by atoms with E-state index in [1.807, 2.05) is 30.3 Å². The maximum Gasteiger partial charge on any atom is 0.312 e. The van der Waals surface area contributed by atoms with Crippen molar-refractivity contribution < 1.29 is 19.1 Å². The summed E-state index contributed by atoms with van der Waals surface area (Å²) in [6.45, 7) is -0.597. The number of amides is 2. The number of ether oxygens (including phenoxy) is 1. The summed E-state index contributed by atoms with van der Waals surface area (Å²) >= 11 is 7.18. The highest BCUT2D eigenvalue weighted by molar-refractivity contribution is 8.03. The van der Waals surface area contributed by atoms with E-state index in [4.69, 9.17) is 22.1 Å². The molecule has 3 N–H and O–H groups in total. The molecule has 0 saturated carbocycles. The van der Waals surface area contributed by atoms with Crippen molar-refractivity contribution in [2.45, 2.75) is 17.4 Å². The van der Waals surface area contributed by atoms with Crippen molar-refractivity contribution in [2.75, 3.05) is 18.6 Å². The minimum absolute atomic E-state index is 0.0917. The molecule has 1 heterocycles. The summed E-state index contributed by atoms with van der Waals surface area (Å²) in [5.74, 6) is -1.35. The first-order chi connectivity index (χ1) is 15.3. The van der Waals surface area contributed by atoms with Crippen molar-refractivity contribution in [1.82, 2.24) is 5.32 Å². The Labute approximate surface area is 194 Å². The van der Waals surface area contributed by atoms with Gasteiger partial charge in [-0.3, -0.25) is 9.59 Å². The average molecular weight is 471 g/mol. The fourth-order valence-corrected chi connectivity index (χ4v) is 4.40. The van der Waals surface area contributed by atoms with Gasteiger partial charge in [-0.25, -0.2) is 4.79 Å². The number of Topliss-reactive ketones (excluding diaryl/α,β-unsaturated/α-hetero) is 1. The molecule has 0 bridgehead atoms. The Morgan fingerprint density at radius 3 is 2.53 bits per heavy atom. The summed E-state index contributed by atoms with van der Waals surface area (Å²) in [6.07, 6.45) is -0.254. The number of nitrogens with one attached hydrogen (secondary N) is 1. The van der Waals surface area contributed by atoms with Crippen LogP contribution < -0.4 is 16.0 Å². The number of nitriles is 1. The number of nitrogens with zero attached hydrogens (tertiary/aromatic N) is 2. The minimum atomic E-state index is -0.814. The maximum absolute atomic E-state index is 12.6. The zero-order valence-corrected chi connectivity index (χ0v) is 18.6. The highest BCUT2D eigenvalue weighted by Gasteiger charge is 2.28. The van der Waals surface area contributed by atoms with Crippen molar-refractivity contribution in [3.63, 3.8) is 0 Å². The number of benzene rings is 2. The summed E-state index contributed by atoms with van der Waals surface area (Å²) in [4.78, 5) is 39.0. The summed E-state index contributed by atoms with van der Waals surface area (Å²) in [5, 5.41) is 13.0. The number of rotatable bonds is 7. The topological polar surface area (TPSA) is 126 Å². The van der Waals surface area contributed by atoms with E-state index < -0.39 is 30.4 Å². The number of hydrogen-bond acceptors (Lipinski definition) is 7. The van der Waals surface area contributed by atoms with E-state index >= 15 is 0 Å². The third-order valence-corrected chi connectivity index (χ3v) is 6.15. The zero-order chi connectivity index (χ0) is 23.3. The van der Waals surface area contributed by atoms with Gasteiger partial charge in [0.1, 0.15) is 16.7 Å². The molecule has 2 amide bonds. The number of esters is 1. The number of nitrogens with two attached hydrogens (primary N) is 1. The largest absolute Gasteiger partial charge is 0.457 e. The number of urea groups is 1. The van der Waals surface area contributed by atoms with Crippen molar-refractivity contribution in [2.24, 2.45) is 5.73 Å². The second-order valence-electron chi connectivity index (χ2n) is 6.82. The number of primary amides is 1. The van der Waals surface area contributed by atoms with Gasteiger partial charge in [0.2, 0.25) is 5.78 Å². The molecular weight excluding hydrogens is 452 g/mol. The van der Waals surface area contributed by atoms with Crippen LogP contribution >= 0.6 is 23.4 Å². The monoisotopic (exact) mass is 470 g/mol. The predicted molar refractivity (Wildman–Crippen MR) is 121 cm³/mol. The molecule has 0 saturated heterocycles. The van der Waals surface area contributed by atoms with Gasteiger partial charge >= 0.3 is 12.0 Å². The Balaban J connectivity index is 1.66. The second kappa shape index (κ2) is 10.2. The van der Waals surface area contributed by atoms with Gasteiger partial charge in [-0.1, -0.05) is 47.6 Å². The van der Waals surface area contributed by atoms with Crippen LogP contribution in [-0.4, -0.2) is 31.4 Å². The first kappa shape index (κ1) is 23.2. The van der Waals surface area contributed by atoms with Gasteiger partial charge in [0.05, 0.1) is 18.2 Å². The van der Waals surface area contributed by atoms with Gasteiger partial charge in [0.15, 0.2) is 6.61 Å². The SMILES string of the molecule is CN1/C(=C(/C#N)C(=O)COC(=O)C[C@H](NC(N)=O)c2ccc(Cl)cc2)Sc2ccccc21. The lowest BCUT2D eigenvalue weighted by molar-refractivity contribution is -0.147. The standard InChI is InChI=1S/C22H19ClN4O4S/c1-27-17-4-2-3-5-19(17)32-21(27)15(11-24)18(28)12-31-20(29)10-16(26-22(25)30)13-6-8-14(23)9-7-13/h2-9,16H,10,12H2,1H3,(H3,25,26,30)/b21-15+/t16-/m0/s1. The molecule has 3 rings (SSSR count). The summed E-state index contributed by atoms with van der Waals surface area (Å²) in [7, 11) is 1.76. The zero-order valence-electron chi connectivity index (χ0n) is 17.0. The van der Waals surface area contributed by atoms with Crippen molar-refractivity contribution in [3.05, 3.63) is 69.7 Å². The maximum atomic E-state index is 12.6. The molecule has 0 unspecified atom stereocenters. The van der Waals surface area contributed by atoms with E-state index in [1.165, 1.54) is 11.8 Å². The predicted octanol–water partition coefficient (Wildman–Crippen LogP) is 3.53. The van der Waals surface area contributed by atoms with Gasteiger partial charge < -0.3 is 20.7 Å². The highest BCUT2D eigenvalue weighted by atomic mass is 35.5. The van der Waals surface area contributed by atoms with Crippen molar-refractivity contribution in [1.29, 1.82) is 5.26 Å². The molecule has 164 valence electrons. The Bertz CT molecular complexity index is 1130. The molecule has 2 aromatic rings. The van der Waals surface area contributed by atoms with Gasteiger partial charge in [0, 0.05) is 17.0 Å². The van der Waals surface area contributed by atoms with Crippen LogP contribution in [0.2, 0.25) is 5.02 Å². The van der Waals surface area contributed by atoms with Crippen LogP contribution in [-0.2, 0) is 14.3 Å². The molecular formula is C22H19ClN4O4S. The first-order valence-electron chi connectivity index (χ1n) is 9.45. The van der Waals surface area contributed by atoms with Gasteiger partial charge in [-0.2, -0.15) is 5.26 Å². The Morgan fingerprint density at radius 2 is 1.91 bits per heavy atom. The van der Waals surface area contributed by atoms with E-state index in [1.54, 1.807) is 36.2 Å². The number of halogens is 1. The number of anilines is 1. The molecule has 0 fully saturated rings. The first-order valence-corrected chi connectivity index (χ1v) is 10.6. The lowest BCUT2D eigenvalue weighted by Crippen LogP contribution is -2.34. The van der Waals surface area contributed by atoms with Gasteiger partial charge in [-0.05, 0) is 29.8 Å². The fraction of sp³-hybridized carbons (Fsp3) is 0.182. The molecule has 0 aliphatic carbocycles. The smallest absolute Gasteiger partial charge is 0.312 e. The Hall–Kier alpha value is -3.48. The van der Waals surface area contributed by atoms with Crippen molar-refractivity contribution >= 4 is 46.8 Å². The van der Waals surface area contributed by atoms with Gasteiger partial charge in [0.25, 0.3) is 0 Å². The van der Waals surface area contributed by atoms with Gasteiger partial charge in [-0.15, -0.1) is 0 Å². The van der Waals surface area contributed by atoms with Crippen LogP contribution in [0.5, 0.6) is 0 Å². The van der Waals surface area contributed by atoms with E-state index in [-0.39, 0.29) is 12.0 Å². The number of ketones is 1. The van der Waals surface area contributed by atoms with E-state index in [0.29, 0.717) is 15.6 Å². The second-order valence-corrected chi connectivity index (χ2v) is 8.29. The lowest BCUT2D eigenvalue weighted by atomic mass is 10.0. The lowest BCUT2D eigenvalue weighted by Gasteiger charge is -2.17. The molecule has 32 heavy (non-hydrogen) atoms. The molecule has 10 heteroatoms. The third-order valence-electron chi connectivity index (χ3n) is 4.67. The number of hydrogen-bond donors (Lipinski definition) is 2. The molecule has 0 spiro atoms. The molecule has 1 aliphatic rings. The molecule has 1 atom stereocenters. The summed E-state index contributed by atoms with van der Waals surface area (Å²) in [6, 6.07) is 14.4. The van der Waals surface area contributed by atoms with Crippen LogP contribution in [0.25, 0.3) is 0 Å². The van der Waals surface area contributed by atoms with Crippen LogP contribution in [0.4, 0.5) is 10.5 Å². The van der Waals surface area contributed by atoms with Crippen LogP contribution in [0.1, 0.15) is 18.0 Å². The quantitative estimate of drug-likeness (QED) is 0.360. The van der Waals surface area contributed by atoms with E-state index in [9.17, 15) is 19.6 Å². The Morgan fingerprint density at radius 1 is 1.22 bits per heavy atom. The summed E-state index contributed by atoms with van der Waals surface area (Å²) in [5.41, 5.74) is 6.59. The fourth-order valence-electron chi connectivity index (χ4n) is 3.11. The summed E-state index contributed by atoms with van der Waals surface area (Å²) < 4.78 is 5.10. The number of para-hydroxylation sites is 1. The normalized spacial score (nSPS) is 14.7. The van der Waals surface area contributed by atoms with Crippen LogP contribution in [0, 0.1) is 11.3 Å². The minimum Gasteiger partial charge on any atom is -0.457 e. The number of carbonyl (C=O) groups excluding carboxylic acids is 3. The highest BCUT2D eigenvalue weighted by Crippen LogP contribution is 2.46. The third kappa shape index (κ3) is 5.41. The van der Waals surface area contributed by atoms with Crippen LogP contribution in [0.3, 0.4) is 0 Å². The molecule has 0 radical (unpaired) electrons. The number of thioether (sulfide) groups is 1. The number of carbonyl (C=O) groups is 3. The molecule has 2 aromatic carbocycles. The average Bonchev–Trinajstić information content (AvgIpc) is 3.09. The molecule has 1 aliphatic heterocycles. The number of fused-ring (bicyclic) bond motifs is 1. The van der Waals surface area contributed by atoms with E-state index in [2.05, 4.69) is 5.32 Å². The molecule has 8 nitrogen and oxygen atoms in total. The Kier molecular flexibility index (Phi) is 7.41. The van der Waals surface area contributed by atoms with Crippen LogP contribution in [0.15, 0.2) is 64.0 Å². The van der Waals surface area contributed by atoms with E-state index in [0.717, 1.165) is 10.6 Å². The molecule has 0 aromatic heterocycles.